The summed E-state index contributed by atoms with van der Waals surface area (Å²) < 4.78 is 0. The lowest BCUT2D eigenvalue weighted by Crippen LogP contribution is -2.04. The van der Waals surface area contributed by atoms with E-state index in [0.29, 0.717) is 0 Å². The Morgan fingerprint density at radius 3 is 3.00 bits per heavy atom. The van der Waals surface area contributed by atoms with Crippen LogP contribution in [0.15, 0.2) is 11.6 Å². The van der Waals surface area contributed by atoms with Gasteiger partial charge in [0, 0.05) is 0 Å². The summed E-state index contributed by atoms with van der Waals surface area (Å²) in [5.74, 6) is 0.789. The minimum Gasteiger partial charge on any atom is -0.392 e. The molecule has 0 radical (unpaired) electrons. The topological polar surface area (TPSA) is 20.2 Å². The molecule has 1 atom stereocenters. The van der Waals surface area contributed by atoms with E-state index in [0.717, 1.165) is 18.8 Å². The second kappa shape index (κ2) is 3.02. The average Bonchev–Trinajstić information content (AvgIpc) is 1.88. The summed E-state index contributed by atoms with van der Waals surface area (Å²) in [7, 11) is 0. The molecule has 0 saturated heterocycles. The Labute approximate surface area is 56.4 Å². The number of rotatable bonds is 1. The van der Waals surface area contributed by atoms with Crippen molar-refractivity contribution in [2.45, 2.75) is 26.2 Å². The van der Waals surface area contributed by atoms with Crippen LogP contribution in [-0.4, -0.2) is 11.7 Å². The molecule has 0 amide bonds. The number of hydrogen-bond acceptors (Lipinski definition) is 1. The van der Waals surface area contributed by atoms with Crippen LogP contribution < -0.4 is 0 Å². The molecule has 0 fully saturated rings. The first-order valence-electron chi connectivity index (χ1n) is 3.61. The Morgan fingerprint density at radius 2 is 2.56 bits per heavy atom. The molecule has 0 aromatic heterocycles. The van der Waals surface area contributed by atoms with Crippen molar-refractivity contribution in [1.82, 2.24) is 0 Å². The minimum atomic E-state index is 0.268. The van der Waals surface area contributed by atoms with Crippen LogP contribution in [0.25, 0.3) is 0 Å². The van der Waals surface area contributed by atoms with Crippen LogP contribution in [0.3, 0.4) is 0 Å². The predicted octanol–water partition coefficient (Wildman–Crippen LogP) is 1.73. The van der Waals surface area contributed by atoms with Gasteiger partial charge in [0.2, 0.25) is 0 Å². The third-order valence-corrected chi connectivity index (χ3v) is 1.91. The van der Waals surface area contributed by atoms with E-state index in [2.05, 4.69) is 13.0 Å². The summed E-state index contributed by atoms with van der Waals surface area (Å²) in [6, 6.07) is 0. The van der Waals surface area contributed by atoms with Crippen molar-refractivity contribution >= 4 is 0 Å². The third kappa shape index (κ3) is 1.83. The molecular weight excluding hydrogens is 112 g/mol. The summed E-state index contributed by atoms with van der Waals surface area (Å²) in [6.07, 6.45) is 5.73. The molecule has 0 heterocycles. The highest BCUT2D eigenvalue weighted by atomic mass is 16.3. The number of hydrogen-bond donors (Lipinski definition) is 1. The van der Waals surface area contributed by atoms with Gasteiger partial charge in [-0.1, -0.05) is 13.0 Å². The fourth-order valence-corrected chi connectivity index (χ4v) is 1.33. The maximum Gasteiger partial charge on any atom is 0.0641 e. The first-order valence-corrected chi connectivity index (χ1v) is 3.61. The van der Waals surface area contributed by atoms with Gasteiger partial charge in [-0.05, 0) is 30.8 Å². The fraction of sp³-hybridized carbons (Fsp3) is 0.750. The van der Waals surface area contributed by atoms with Gasteiger partial charge in [0.05, 0.1) is 6.61 Å². The van der Waals surface area contributed by atoms with Crippen LogP contribution in [0.1, 0.15) is 26.2 Å². The van der Waals surface area contributed by atoms with Gasteiger partial charge >= 0.3 is 0 Å². The standard InChI is InChI=1S/C8H14O/c1-7-3-2-4-8(5-7)6-9/h4,7,9H,2-3,5-6H2,1H3/t7-/m0/s1. The van der Waals surface area contributed by atoms with E-state index < -0.39 is 0 Å². The Hall–Kier alpha value is -0.300. The molecule has 1 nitrogen and oxygen atoms in total. The van der Waals surface area contributed by atoms with Crippen LogP contribution in [-0.2, 0) is 0 Å². The molecule has 0 spiro atoms. The molecule has 52 valence electrons. The zero-order valence-electron chi connectivity index (χ0n) is 5.93. The van der Waals surface area contributed by atoms with Gasteiger partial charge < -0.3 is 5.11 Å². The zero-order chi connectivity index (χ0) is 6.69. The second-order valence-corrected chi connectivity index (χ2v) is 2.91. The predicted molar refractivity (Wildman–Crippen MR) is 38.2 cm³/mol. The minimum absolute atomic E-state index is 0.268. The third-order valence-electron chi connectivity index (χ3n) is 1.91. The van der Waals surface area contributed by atoms with Crippen molar-refractivity contribution in [2.75, 3.05) is 6.61 Å². The maximum atomic E-state index is 8.74. The molecule has 0 aromatic rings. The molecule has 0 aliphatic heterocycles. The first-order chi connectivity index (χ1) is 4.33. The van der Waals surface area contributed by atoms with Gasteiger partial charge in [-0.2, -0.15) is 0 Å². The highest BCUT2D eigenvalue weighted by Crippen LogP contribution is 2.22. The van der Waals surface area contributed by atoms with Crippen molar-refractivity contribution in [3.63, 3.8) is 0 Å². The van der Waals surface area contributed by atoms with Gasteiger partial charge in [0.25, 0.3) is 0 Å². The van der Waals surface area contributed by atoms with E-state index >= 15 is 0 Å². The Balaban J connectivity index is 2.43. The van der Waals surface area contributed by atoms with Crippen LogP contribution in [0.4, 0.5) is 0 Å². The molecule has 1 N–H and O–H groups in total. The Kier molecular flexibility index (Phi) is 2.29. The van der Waals surface area contributed by atoms with E-state index in [1.54, 1.807) is 0 Å². The van der Waals surface area contributed by atoms with Crippen molar-refractivity contribution in [3.8, 4) is 0 Å². The molecule has 0 bridgehead atoms. The number of aliphatic hydroxyl groups is 1. The highest BCUT2D eigenvalue weighted by molar-refractivity contribution is 5.06. The van der Waals surface area contributed by atoms with Crippen LogP contribution in [0.2, 0.25) is 0 Å². The molecule has 1 aliphatic carbocycles. The Morgan fingerprint density at radius 1 is 1.78 bits per heavy atom. The van der Waals surface area contributed by atoms with Gasteiger partial charge in [-0.25, -0.2) is 0 Å². The SMILES string of the molecule is C[C@H]1CCC=C(CO)C1. The van der Waals surface area contributed by atoms with E-state index in [-0.39, 0.29) is 6.61 Å². The summed E-state index contributed by atoms with van der Waals surface area (Å²) in [4.78, 5) is 0. The number of allylic oxidation sites excluding steroid dienone is 1. The van der Waals surface area contributed by atoms with E-state index in [4.69, 9.17) is 5.11 Å². The van der Waals surface area contributed by atoms with Crippen molar-refractivity contribution < 1.29 is 5.11 Å². The van der Waals surface area contributed by atoms with Crippen molar-refractivity contribution in [1.29, 1.82) is 0 Å². The Bertz CT molecular complexity index is 116. The van der Waals surface area contributed by atoms with Crippen LogP contribution >= 0.6 is 0 Å². The molecule has 1 aliphatic rings. The molecular formula is C8H14O. The molecule has 9 heavy (non-hydrogen) atoms. The monoisotopic (exact) mass is 126 g/mol. The lowest BCUT2D eigenvalue weighted by Gasteiger charge is -2.16. The van der Waals surface area contributed by atoms with Gasteiger partial charge in [0.1, 0.15) is 0 Å². The lowest BCUT2D eigenvalue weighted by atomic mass is 9.91. The quantitative estimate of drug-likeness (QED) is 0.530. The molecule has 1 heteroatoms. The van der Waals surface area contributed by atoms with E-state index in [1.807, 2.05) is 0 Å². The van der Waals surface area contributed by atoms with Crippen molar-refractivity contribution in [2.24, 2.45) is 5.92 Å². The lowest BCUT2D eigenvalue weighted by molar-refractivity contribution is 0.314. The van der Waals surface area contributed by atoms with Crippen LogP contribution in [0, 0.1) is 5.92 Å². The fourth-order valence-electron chi connectivity index (χ4n) is 1.33. The van der Waals surface area contributed by atoms with Gasteiger partial charge in [-0.3, -0.25) is 0 Å². The molecule has 1 rings (SSSR count). The normalized spacial score (nSPS) is 27.8. The summed E-state index contributed by atoms with van der Waals surface area (Å²) in [5.41, 5.74) is 1.23. The molecule has 0 aromatic carbocycles. The first kappa shape index (κ1) is 6.81. The van der Waals surface area contributed by atoms with Gasteiger partial charge in [-0.15, -0.1) is 0 Å². The summed E-state index contributed by atoms with van der Waals surface area (Å²) in [6.45, 7) is 2.51. The molecule has 0 saturated carbocycles. The second-order valence-electron chi connectivity index (χ2n) is 2.91. The highest BCUT2D eigenvalue weighted by Gasteiger charge is 2.08. The zero-order valence-corrected chi connectivity index (χ0v) is 5.93. The largest absolute Gasteiger partial charge is 0.392 e. The number of aliphatic hydroxyl groups excluding tert-OH is 1. The van der Waals surface area contributed by atoms with Crippen molar-refractivity contribution in [3.05, 3.63) is 11.6 Å². The van der Waals surface area contributed by atoms with Gasteiger partial charge in [0.15, 0.2) is 0 Å². The van der Waals surface area contributed by atoms with Crippen LogP contribution in [0.5, 0.6) is 0 Å². The average molecular weight is 126 g/mol. The summed E-state index contributed by atoms with van der Waals surface area (Å²) >= 11 is 0. The smallest absolute Gasteiger partial charge is 0.0641 e. The molecule has 0 unspecified atom stereocenters. The summed E-state index contributed by atoms with van der Waals surface area (Å²) in [5, 5.41) is 8.74. The maximum absolute atomic E-state index is 8.74. The van der Waals surface area contributed by atoms with E-state index in [9.17, 15) is 0 Å². The van der Waals surface area contributed by atoms with E-state index in [1.165, 1.54) is 12.0 Å².